The minimum absolute atomic E-state index is 0.604. The van der Waals surface area contributed by atoms with Crippen LogP contribution in [0.5, 0.6) is 0 Å². The van der Waals surface area contributed by atoms with Gasteiger partial charge in [-0.1, -0.05) is 18.2 Å². The van der Waals surface area contributed by atoms with Gasteiger partial charge in [0, 0.05) is 11.8 Å². The molecule has 1 aliphatic rings. The van der Waals surface area contributed by atoms with Crippen molar-refractivity contribution in [3.8, 4) is 11.3 Å². The number of nitrogens with zero attached hydrogens (tertiary/aromatic N) is 1. The molecule has 3 rings (SSSR count). The van der Waals surface area contributed by atoms with Crippen LogP contribution in [-0.2, 0) is 6.42 Å². The molecule has 0 radical (unpaired) electrons. The molecule has 1 aliphatic carbocycles. The molecule has 1 aromatic heterocycles. The highest BCUT2D eigenvalue weighted by Gasteiger charge is 2.19. The zero-order chi connectivity index (χ0) is 17.6. The van der Waals surface area contributed by atoms with Gasteiger partial charge in [-0.05, 0) is 87.1 Å². The van der Waals surface area contributed by atoms with Gasteiger partial charge in [0.15, 0.2) is 11.6 Å². The summed E-state index contributed by atoms with van der Waals surface area (Å²) in [5.74, 6) is -0.0768. The van der Waals surface area contributed by atoms with E-state index in [1.54, 1.807) is 6.07 Å². The average Bonchev–Trinajstić information content (AvgIpc) is 2.64. The van der Waals surface area contributed by atoms with Crippen LogP contribution in [0.2, 0.25) is 0 Å². The maximum absolute atomic E-state index is 13.3. The van der Waals surface area contributed by atoms with Crippen LogP contribution in [0.4, 0.5) is 8.78 Å². The van der Waals surface area contributed by atoms with Crippen molar-refractivity contribution >= 4 is 0 Å². The van der Waals surface area contributed by atoms with Crippen molar-refractivity contribution in [2.24, 2.45) is 11.8 Å². The van der Waals surface area contributed by atoms with Crippen molar-refractivity contribution in [1.29, 1.82) is 0 Å². The lowest BCUT2D eigenvalue weighted by atomic mass is 9.79. The van der Waals surface area contributed by atoms with E-state index in [4.69, 9.17) is 0 Å². The number of hydrogen-bond donors (Lipinski definition) is 0. The highest BCUT2D eigenvalue weighted by atomic mass is 19.2. The largest absolute Gasteiger partial charge is 0.256 e. The van der Waals surface area contributed by atoms with Gasteiger partial charge in [-0.2, -0.15) is 0 Å². The normalized spacial score (nSPS) is 20.9. The van der Waals surface area contributed by atoms with Gasteiger partial charge >= 0.3 is 0 Å². The second-order valence-corrected chi connectivity index (χ2v) is 7.03. The second kappa shape index (κ2) is 8.37. The lowest BCUT2D eigenvalue weighted by Gasteiger charge is -2.26. The molecule has 1 heterocycles. The van der Waals surface area contributed by atoms with Crippen LogP contribution >= 0.6 is 0 Å². The van der Waals surface area contributed by atoms with E-state index in [0.29, 0.717) is 11.3 Å². The van der Waals surface area contributed by atoms with Crippen LogP contribution in [0.15, 0.2) is 48.7 Å². The summed E-state index contributed by atoms with van der Waals surface area (Å²) in [6.07, 6.45) is 13.9. The molecule has 1 saturated carbocycles. The third kappa shape index (κ3) is 4.75. The number of aryl methyl sites for hydroxylation is 1. The molecule has 0 spiro atoms. The topological polar surface area (TPSA) is 12.9 Å². The molecule has 3 heteroatoms. The third-order valence-corrected chi connectivity index (χ3v) is 5.24. The van der Waals surface area contributed by atoms with Gasteiger partial charge in [-0.3, -0.25) is 4.98 Å². The van der Waals surface area contributed by atoms with E-state index in [1.807, 2.05) is 12.3 Å². The van der Waals surface area contributed by atoms with Gasteiger partial charge in [-0.25, -0.2) is 8.78 Å². The van der Waals surface area contributed by atoms with Crippen molar-refractivity contribution in [3.05, 3.63) is 65.9 Å². The predicted molar refractivity (Wildman–Crippen MR) is 98.2 cm³/mol. The minimum Gasteiger partial charge on any atom is -0.256 e. The highest BCUT2D eigenvalue weighted by molar-refractivity contribution is 5.59. The Balaban J connectivity index is 1.54. The van der Waals surface area contributed by atoms with Gasteiger partial charge in [0.05, 0.1) is 5.69 Å². The Bertz CT molecular complexity index is 713. The molecule has 2 aromatic rings. The number of allylic oxidation sites excluding steroid dienone is 2. The Labute approximate surface area is 148 Å². The molecule has 0 atom stereocenters. The fourth-order valence-electron chi connectivity index (χ4n) is 3.71. The molecular formula is C22H25F2N. The average molecular weight is 341 g/mol. The molecular weight excluding hydrogens is 316 g/mol. The van der Waals surface area contributed by atoms with Crippen LogP contribution in [0.25, 0.3) is 11.3 Å². The zero-order valence-electron chi connectivity index (χ0n) is 14.7. The van der Waals surface area contributed by atoms with Crippen LogP contribution < -0.4 is 0 Å². The van der Waals surface area contributed by atoms with Crippen LogP contribution in [0.1, 0.15) is 44.6 Å². The smallest absolute Gasteiger partial charge is 0.159 e. The minimum atomic E-state index is -0.836. The number of benzene rings is 1. The highest BCUT2D eigenvalue weighted by Crippen LogP contribution is 2.32. The number of halogens is 2. The number of rotatable bonds is 5. The number of aromatic nitrogens is 1. The molecule has 25 heavy (non-hydrogen) atoms. The predicted octanol–water partition coefficient (Wildman–Crippen LogP) is 6.34. The lowest BCUT2D eigenvalue weighted by molar-refractivity contribution is 0.296. The van der Waals surface area contributed by atoms with Gasteiger partial charge in [-0.15, -0.1) is 0 Å². The second-order valence-electron chi connectivity index (χ2n) is 7.03. The Hall–Kier alpha value is -2.03. The van der Waals surface area contributed by atoms with E-state index < -0.39 is 11.6 Å². The van der Waals surface area contributed by atoms with Crippen molar-refractivity contribution < 1.29 is 8.78 Å². The van der Waals surface area contributed by atoms with E-state index in [9.17, 15) is 8.78 Å². The van der Waals surface area contributed by atoms with Crippen LogP contribution in [0.3, 0.4) is 0 Å². The standard InChI is InChI=1S/C22H25F2N/c1-2-3-16-4-6-17(7-5-16)8-9-18-10-13-22(25-15-18)19-11-12-20(23)21(24)14-19/h2-3,10-17H,4-9H2,1H3/b3-2+. The van der Waals surface area contributed by atoms with Gasteiger partial charge < -0.3 is 0 Å². The lowest BCUT2D eigenvalue weighted by Crippen LogP contribution is -2.13. The quantitative estimate of drug-likeness (QED) is 0.578. The van der Waals surface area contributed by atoms with Crippen LogP contribution in [-0.4, -0.2) is 4.98 Å². The molecule has 0 unspecified atom stereocenters. The third-order valence-electron chi connectivity index (χ3n) is 5.24. The molecule has 1 nitrogen and oxygen atoms in total. The van der Waals surface area contributed by atoms with Gasteiger partial charge in [0.1, 0.15) is 0 Å². The van der Waals surface area contributed by atoms with Crippen molar-refractivity contribution in [2.45, 2.75) is 45.4 Å². The first kappa shape index (κ1) is 17.8. The SMILES string of the molecule is C/C=C/C1CCC(CCc2ccc(-c3ccc(F)c(F)c3)nc2)CC1. The summed E-state index contributed by atoms with van der Waals surface area (Å²) >= 11 is 0. The Morgan fingerprint density at radius 2 is 1.84 bits per heavy atom. The first-order valence-corrected chi connectivity index (χ1v) is 9.19. The molecule has 0 aliphatic heterocycles. The monoisotopic (exact) mass is 341 g/mol. The van der Waals surface area contributed by atoms with E-state index in [1.165, 1.54) is 43.7 Å². The Kier molecular flexibility index (Phi) is 5.95. The van der Waals surface area contributed by atoms with Crippen molar-refractivity contribution in [1.82, 2.24) is 4.98 Å². The van der Waals surface area contributed by atoms with Crippen molar-refractivity contribution in [2.75, 3.05) is 0 Å². The van der Waals surface area contributed by atoms with E-state index >= 15 is 0 Å². The maximum Gasteiger partial charge on any atom is 0.159 e. The fraction of sp³-hybridized carbons (Fsp3) is 0.409. The summed E-state index contributed by atoms with van der Waals surface area (Å²) in [4.78, 5) is 4.42. The maximum atomic E-state index is 13.3. The number of hydrogen-bond acceptors (Lipinski definition) is 1. The molecule has 0 saturated heterocycles. The summed E-state index contributed by atoms with van der Waals surface area (Å²) < 4.78 is 26.4. The molecule has 0 amide bonds. The molecule has 132 valence electrons. The first-order valence-electron chi connectivity index (χ1n) is 9.19. The van der Waals surface area contributed by atoms with E-state index in [0.717, 1.165) is 24.3 Å². The molecule has 0 bridgehead atoms. The Morgan fingerprint density at radius 1 is 1.04 bits per heavy atom. The van der Waals surface area contributed by atoms with Gasteiger partial charge in [0.2, 0.25) is 0 Å². The summed E-state index contributed by atoms with van der Waals surface area (Å²) in [6.45, 7) is 2.10. The van der Waals surface area contributed by atoms with E-state index in [2.05, 4.69) is 30.1 Å². The van der Waals surface area contributed by atoms with Gasteiger partial charge in [0.25, 0.3) is 0 Å². The fourth-order valence-corrected chi connectivity index (χ4v) is 3.71. The molecule has 1 aromatic carbocycles. The summed E-state index contributed by atoms with van der Waals surface area (Å²) in [5, 5.41) is 0. The summed E-state index contributed by atoms with van der Waals surface area (Å²) in [5.41, 5.74) is 2.49. The first-order chi connectivity index (χ1) is 12.2. The summed E-state index contributed by atoms with van der Waals surface area (Å²) in [6, 6.07) is 7.84. The van der Waals surface area contributed by atoms with E-state index in [-0.39, 0.29) is 0 Å². The summed E-state index contributed by atoms with van der Waals surface area (Å²) in [7, 11) is 0. The molecule has 1 fully saturated rings. The van der Waals surface area contributed by atoms with Crippen molar-refractivity contribution in [3.63, 3.8) is 0 Å². The zero-order valence-corrected chi connectivity index (χ0v) is 14.7. The van der Waals surface area contributed by atoms with Crippen LogP contribution in [0, 0.1) is 23.5 Å². The number of pyridine rings is 1. The molecule has 0 N–H and O–H groups in total. The Morgan fingerprint density at radius 3 is 2.48 bits per heavy atom.